The quantitative estimate of drug-likeness (QED) is 0.658. The third-order valence-corrected chi connectivity index (χ3v) is 3.42. The van der Waals surface area contributed by atoms with Crippen molar-refractivity contribution in [2.45, 2.75) is 18.4 Å². The Labute approximate surface area is 110 Å². The van der Waals surface area contributed by atoms with Crippen molar-refractivity contribution in [3.05, 3.63) is 35.4 Å². The number of rotatable bonds is 3. The lowest BCUT2D eigenvalue weighted by Crippen LogP contribution is -2.56. The van der Waals surface area contributed by atoms with Gasteiger partial charge in [-0.05, 0) is 11.1 Å². The molecule has 18 heavy (non-hydrogen) atoms. The molecule has 1 aromatic rings. The number of ether oxygens (including phenoxy) is 1. The van der Waals surface area contributed by atoms with Crippen LogP contribution in [0.5, 0.6) is 0 Å². The molecule has 0 fully saturated rings. The molecule has 0 saturated carbocycles. The normalized spacial score (nSPS) is 15.9. The van der Waals surface area contributed by atoms with Crippen LogP contribution in [-0.4, -0.2) is 30.4 Å². The van der Waals surface area contributed by atoms with Gasteiger partial charge in [0.1, 0.15) is 11.4 Å². The molecule has 1 aliphatic carbocycles. The van der Waals surface area contributed by atoms with E-state index in [9.17, 15) is 9.59 Å². The van der Waals surface area contributed by atoms with Crippen LogP contribution in [0.3, 0.4) is 0 Å². The summed E-state index contributed by atoms with van der Waals surface area (Å²) in [7, 11) is 1.32. The molecule has 0 radical (unpaired) electrons. The highest BCUT2D eigenvalue weighted by atomic mass is 35.5. The lowest BCUT2D eigenvalue weighted by atomic mass is 9.95. The fraction of sp³-hybridized carbons (Fsp3) is 0.385. The van der Waals surface area contributed by atoms with E-state index in [0.29, 0.717) is 12.8 Å². The van der Waals surface area contributed by atoms with Crippen LogP contribution in [0, 0.1) is 0 Å². The van der Waals surface area contributed by atoms with E-state index >= 15 is 0 Å². The zero-order chi connectivity index (χ0) is 13.2. The van der Waals surface area contributed by atoms with Crippen molar-refractivity contribution in [1.82, 2.24) is 5.32 Å². The molecule has 5 heteroatoms. The number of alkyl halides is 1. The molecule has 0 aliphatic heterocycles. The third-order valence-electron chi connectivity index (χ3n) is 3.18. The number of carbonyl (C=O) groups is 2. The summed E-state index contributed by atoms with van der Waals surface area (Å²) in [5, 5.41) is 2.69. The SMILES string of the molecule is COC(=O)C1(NC(=O)CCl)Cc2ccccc2C1. The lowest BCUT2D eigenvalue weighted by molar-refractivity contribution is -0.150. The fourth-order valence-electron chi connectivity index (χ4n) is 2.39. The summed E-state index contributed by atoms with van der Waals surface area (Å²) in [6, 6.07) is 7.73. The van der Waals surface area contributed by atoms with Crippen molar-refractivity contribution in [3.63, 3.8) is 0 Å². The molecule has 0 aromatic heterocycles. The van der Waals surface area contributed by atoms with Crippen molar-refractivity contribution in [1.29, 1.82) is 0 Å². The summed E-state index contributed by atoms with van der Waals surface area (Å²) in [6.07, 6.45) is 0.886. The molecule has 0 heterocycles. The summed E-state index contributed by atoms with van der Waals surface area (Å²) in [6.45, 7) is 0. The van der Waals surface area contributed by atoms with E-state index in [-0.39, 0.29) is 11.8 Å². The molecule has 2 rings (SSSR count). The molecule has 1 aromatic carbocycles. The van der Waals surface area contributed by atoms with Gasteiger partial charge in [-0.15, -0.1) is 11.6 Å². The molecule has 96 valence electrons. The minimum Gasteiger partial charge on any atom is -0.467 e. The zero-order valence-electron chi connectivity index (χ0n) is 10.0. The Morgan fingerprint density at radius 3 is 2.33 bits per heavy atom. The lowest BCUT2D eigenvalue weighted by Gasteiger charge is -2.26. The maximum absolute atomic E-state index is 12.0. The van der Waals surface area contributed by atoms with E-state index in [1.807, 2.05) is 24.3 Å². The van der Waals surface area contributed by atoms with Gasteiger partial charge >= 0.3 is 5.97 Å². The minimum atomic E-state index is -1.01. The first-order chi connectivity index (χ1) is 8.61. The Kier molecular flexibility index (Phi) is 3.57. The van der Waals surface area contributed by atoms with Gasteiger partial charge < -0.3 is 10.1 Å². The third kappa shape index (κ3) is 2.20. The number of nitrogens with one attached hydrogen (secondary N) is 1. The molecular weight excluding hydrogens is 254 g/mol. The Balaban J connectivity index is 2.30. The Morgan fingerprint density at radius 1 is 1.33 bits per heavy atom. The molecule has 1 amide bonds. The van der Waals surface area contributed by atoms with Crippen LogP contribution in [0.1, 0.15) is 11.1 Å². The highest BCUT2D eigenvalue weighted by molar-refractivity contribution is 6.27. The standard InChI is InChI=1S/C13H14ClNO3/c1-18-12(17)13(15-11(16)8-14)6-9-4-2-3-5-10(9)7-13/h2-5H,6-8H2,1H3,(H,15,16). The number of halogens is 1. The predicted octanol–water partition coefficient (Wildman–Crippen LogP) is 1.05. The Morgan fingerprint density at radius 2 is 1.89 bits per heavy atom. The van der Waals surface area contributed by atoms with Crippen molar-refractivity contribution >= 4 is 23.5 Å². The Bertz CT molecular complexity index is 462. The maximum Gasteiger partial charge on any atom is 0.332 e. The zero-order valence-corrected chi connectivity index (χ0v) is 10.8. The number of methoxy groups -OCH3 is 1. The van der Waals surface area contributed by atoms with Gasteiger partial charge in [-0.2, -0.15) is 0 Å². The monoisotopic (exact) mass is 267 g/mol. The second-order valence-electron chi connectivity index (χ2n) is 4.38. The van der Waals surface area contributed by atoms with Gasteiger partial charge in [0.05, 0.1) is 7.11 Å². The predicted molar refractivity (Wildman–Crippen MR) is 67.5 cm³/mol. The average Bonchev–Trinajstić information content (AvgIpc) is 2.76. The van der Waals surface area contributed by atoms with Crippen LogP contribution < -0.4 is 5.32 Å². The molecule has 0 spiro atoms. The highest BCUT2D eigenvalue weighted by Gasteiger charge is 2.45. The minimum absolute atomic E-state index is 0.172. The van der Waals surface area contributed by atoms with Crippen LogP contribution in [0.4, 0.5) is 0 Å². The van der Waals surface area contributed by atoms with Crippen molar-refractivity contribution in [2.24, 2.45) is 0 Å². The van der Waals surface area contributed by atoms with E-state index < -0.39 is 11.5 Å². The second-order valence-corrected chi connectivity index (χ2v) is 4.65. The van der Waals surface area contributed by atoms with Gasteiger partial charge in [-0.25, -0.2) is 4.79 Å². The molecule has 0 unspecified atom stereocenters. The van der Waals surface area contributed by atoms with Crippen molar-refractivity contribution in [3.8, 4) is 0 Å². The molecule has 0 atom stereocenters. The molecule has 0 saturated heterocycles. The largest absolute Gasteiger partial charge is 0.467 e. The number of carbonyl (C=O) groups excluding carboxylic acids is 2. The van der Waals surface area contributed by atoms with Gasteiger partial charge in [0.25, 0.3) is 0 Å². The van der Waals surface area contributed by atoms with Crippen LogP contribution in [0.2, 0.25) is 0 Å². The van der Waals surface area contributed by atoms with Crippen molar-refractivity contribution in [2.75, 3.05) is 13.0 Å². The van der Waals surface area contributed by atoms with Crippen LogP contribution in [0.15, 0.2) is 24.3 Å². The number of esters is 1. The van der Waals surface area contributed by atoms with Gasteiger partial charge in [-0.3, -0.25) is 4.79 Å². The molecule has 1 aliphatic rings. The van der Waals surface area contributed by atoms with E-state index in [0.717, 1.165) is 11.1 Å². The Hall–Kier alpha value is -1.55. The first-order valence-electron chi connectivity index (χ1n) is 5.63. The maximum atomic E-state index is 12.0. The number of fused-ring (bicyclic) bond motifs is 1. The second kappa shape index (κ2) is 4.98. The van der Waals surface area contributed by atoms with Gasteiger partial charge in [-0.1, -0.05) is 24.3 Å². The smallest absolute Gasteiger partial charge is 0.332 e. The number of hydrogen-bond donors (Lipinski definition) is 1. The number of hydrogen-bond acceptors (Lipinski definition) is 3. The highest BCUT2D eigenvalue weighted by Crippen LogP contribution is 2.31. The summed E-state index contributed by atoms with van der Waals surface area (Å²) in [5.74, 6) is -0.971. The van der Waals surface area contributed by atoms with E-state index in [1.165, 1.54) is 7.11 Å². The topological polar surface area (TPSA) is 55.4 Å². The summed E-state index contributed by atoms with van der Waals surface area (Å²) >= 11 is 5.49. The van der Waals surface area contributed by atoms with Crippen LogP contribution in [0.25, 0.3) is 0 Å². The average molecular weight is 268 g/mol. The first kappa shape index (κ1) is 12.9. The van der Waals surface area contributed by atoms with Gasteiger partial charge in [0.2, 0.25) is 5.91 Å². The van der Waals surface area contributed by atoms with Gasteiger partial charge in [0, 0.05) is 12.8 Å². The molecular formula is C13H14ClNO3. The van der Waals surface area contributed by atoms with Crippen LogP contribution >= 0.6 is 11.6 Å². The number of benzene rings is 1. The molecule has 4 nitrogen and oxygen atoms in total. The fourth-order valence-corrected chi connectivity index (χ4v) is 2.46. The first-order valence-corrected chi connectivity index (χ1v) is 6.17. The summed E-state index contributed by atoms with van der Waals surface area (Å²) in [5.41, 5.74) is 1.10. The molecule has 1 N–H and O–H groups in total. The summed E-state index contributed by atoms with van der Waals surface area (Å²) < 4.78 is 4.82. The number of amides is 1. The van der Waals surface area contributed by atoms with Crippen LogP contribution in [-0.2, 0) is 27.2 Å². The van der Waals surface area contributed by atoms with E-state index in [2.05, 4.69) is 5.32 Å². The van der Waals surface area contributed by atoms with E-state index in [1.54, 1.807) is 0 Å². The van der Waals surface area contributed by atoms with E-state index in [4.69, 9.17) is 16.3 Å². The summed E-state index contributed by atoms with van der Waals surface area (Å²) in [4.78, 5) is 23.5. The van der Waals surface area contributed by atoms with Gasteiger partial charge in [0.15, 0.2) is 0 Å². The van der Waals surface area contributed by atoms with Crippen molar-refractivity contribution < 1.29 is 14.3 Å². The molecule has 0 bridgehead atoms.